The van der Waals surface area contributed by atoms with E-state index in [1.807, 2.05) is 19.2 Å². The average molecular weight is 263 g/mol. The van der Waals surface area contributed by atoms with Gasteiger partial charge in [0.1, 0.15) is 6.54 Å². The summed E-state index contributed by atoms with van der Waals surface area (Å²) < 4.78 is 1.62. The van der Waals surface area contributed by atoms with E-state index in [4.69, 9.17) is 11.0 Å². The molecule has 2 rings (SSSR count). The van der Waals surface area contributed by atoms with Gasteiger partial charge in [0, 0.05) is 18.3 Å². The number of hydrogen-bond donors (Lipinski definition) is 1. The van der Waals surface area contributed by atoms with E-state index >= 15 is 0 Å². The first kappa shape index (κ1) is 14.2. The molecular formula is C13H15ClN4. The molecule has 0 amide bonds. The Labute approximate surface area is 112 Å². The van der Waals surface area contributed by atoms with Crippen molar-refractivity contribution < 1.29 is 0 Å². The first-order chi connectivity index (χ1) is 8.24. The van der Waals surface area contributed by atoms with E-state index in [9.17, 15) is 0 Å². The summed E-state index contributed by atoms with van der Waals surface area (Å²) in [5, 5.41) is 12.7. The third kappa shape index (κ3) is 2.89. The molecule has 1 aromatic heterocycles. The minimum Gasteiger partial charge on any atom is -0.326 e. The highest BCUT2D eigenvalue weighted by molar-refractivity contribution is 5.85. The number of aromatic nitrogens is 2. The van der Waals surface area contributed by atoms with Crippen molar-refractivity contribution in [2.24, 2.45) is 5.73 Å². The quantitative estimate of drug-likeness (QED) is 0.923. The van der Waals surface area contributed by atoms with Crippen molar-refractivity contribution in [2.75, 3.05) is 0 Å². The molecule has 0 bridgehead atoms. The number of benzene rings is 1. The Bertz CT molecular complexity index is 569. The number of nitrogens with zero attached hydrogens (tertiary/aromatic N) is 3. The highest BCUT2D eigenvalue weighted by Gasteiger charge is 2.04. The number of nitriles is 1. The van der Waals surface area contributed by atoms with Gasteiger partial charge in [0.05, 0.1) is 12.3 Å². The van der Waals surface area contributed by atoms with E-state index in [0.29, 0.717) is 6.54 Å². The third-order valence-corrected chi connectivity index (χ3v) is 2.77. The van der Waals surface area contributed by atoms with E-state index in [2.05, 4.69) is 23.3 Å². The number of rotatable bonds is 3. The number of nitrogens with two attached hydrogens (primary N) is 1. The van der Waals surface area contributed by atoms with Gasteiger partial charge in [0.25, 0.3) is 0 Å². The second-order valence-corrected chi connectivity index (χ2v) is 3.93. The first-order valence-electron chi connectivity index (χ1n) is 5.44. The monoisotopic (exact) mass is 262 g/mol. The zero-order chi connectivity index (χ0) is 12.3. The summed E-state index contributed by atoms with van der Waals surface area (Å²) in [7, 11) is 0. The van der Waals surface area contributed by atoms with Gasteiger partial charge in [-0.1, -0.05) is 12.1 Å². The summed E-state index contributed by atoms with van der Waals surface area (Å²) >= 11 is 0. The molecule has 1 heterocycles. The molecule has 2 N–H and O–H groups in total. The van der Waals surface area contributed by atoms with E-state index < -0.39 is 0 Å². The van der Waals surface area contributed by atoms with Crippen LogP contribution in [-0.2, 0) is 13.1 Å². The molecule has 0 saturated heterocycles. The van der Waals surface area contributed by atoms with Gasteiger partial charge in [-0.15, -0.1) is 12.4 Å². The zero-order valence-corrected chi connectivity index (χ0v) is 10.9. The second kappa shape index (κ2) is 6.20. The van der Waals surface area contributed by atoms with Crippen LogP contribution in [0.1, 0.15) is 11.1 Å². The van der Waals surface area contributed by atoms with Crippen molar-refractivity contribution in [1.29, 1.82) is 5.26 Å². The van der Waals surface area contributed by atoms with Gasteiger partial charge in [-0.25, -0.2) is 0 Å². The van der Waals surface area contributed by atoms with Gasteiger partial charge < -0.3 is 5.73 Å². The van der Waals surface area contributed by atoms with Crippen LogP contribution in [0.4, 0.5) is 0 Å². The Kier molecular flexibility index (Phi) is 4.90. The Morgan fingerprint density at radius 2 is 2.17 bits per heavy atom. The lowest BCUT2D eigenvalue weighted by molar-refractivity contribution is 0.710. The van der Waals surface area contributed by atoms with Gasteiger partial charge in [0.2, 0.25) is 0 Å². The zero-order valence-electron chi connectivity index (χ0n) is 10.1. The minimum absolute atomic E-state index is 0. The van der Waals surface area contributed by atoms with Crippen LogP contribution in [0.2, 0.25) is 0 Å². The third-order valence-electron chi connectivity index (χ3n) is 2.77. The van der Waals surface area contributed by atoms with Crippen molar-refractivity contribution in [3.63, 3.8) is 0 Å². The maximum atomic E-state index is 8.59. The molecule has 0 aliphatic rings. The maximum Gasteiger partial charge on any atom is 0.128 e. The standard InChI is InChI=1S/C13H14N4.ClH/c1-10-2-3-11(6-12(10)7-15)13-8-16-17(9-13)5-4-14;/h2-3,6,8-9H,5,7,15H2,1H3;1H. The number of aryl methyl sites for hydroxylation is 1. The molecular weight excluding hydrogens is 248 g/mol. The lowest BCUT2D eigenvalue weighted by atomic mass is 10.0. The SMILES string of the molecule is Cc1ccc(-c2cnn(CC#N)c2)cc1CN.Cl. The second-order valence-electron chi connectivity index (χ2n) is 3.93. The molecule has 5 heteroatoms. The predicted molar refractivity (Wildman–Crippen MR) is 73.2 cm³/mol. The van der Waals surface area contributed by atoms with E-state index in [-0.39, 0.29) is 19.0 Å². The van der Waals surface area contributed by atoms with Crippen molar-refractivity contribution >= 4 is 12.4 Å². The normalized spacial score (nSPS) is 9.61. The van der Waals surface area contributed by atoms with Crippen LogP contribution in [0.5, 0.6) is 0 Å². The van der Waals surface area contributed by atoms with Crippen LogP contribution in [-0.4, -0.2) is 9.78 Å². The van der Waals surface area contributed by atoms with Gasteiger partial charge in [0.15, 0.2) is 0 Å². The van der Waals surface area contributed by atoms with Gasteiger partial charge in [-0.3, -0.25) is 4.68 Å². The lowest BCUT2D eigenvalue weighted by Crippen LogP contribution is -1.99. The highest BCUT2D eigenvalue weighted by Crippen LogP contribution is 2.21. The Balaban J connectivity index is 0.00000162. The molecule has 2 aromatic rings. The summed E-state index contributed by atoms with van der Waals surface area (Å²) in [5.41, 5.74) is 10.1. The van der Waals surface area contributed by atoms with Gasteiger partial charge >= 0.3 is 0 Å². The van der Waals surface area contributed by atoms with Crippen molar-refractivity contribution in [3.8, 4) is 17.2 Å². The average Bonchev–Trinajstić information content (AvgIpc) is 2.79. The van der Waals surface area contributed by atoms with E-state index in [0.717, 1.165) is 16.7 Å². The fourth-order valence-corrected chi connectivity index (χ4v) is 1.74. The van der Waals surface area contributed by atoms with Crippen LogP contribution >= 0.6 is 12.4 Å². The van der Waals surface area contributed by atoms with Crippen LogP contribution in [0.25, 0.3) is 11.1 Å². The first-order valence-corrected chi connectivity index (χ1v) is 5.44. The molecule has 0 unspecified atom stereocenters. The van der Waals surface area contributed by atoms with Gasteiger partial charge in [-0.05, 0) is 29.7 Å². The van der Waals surface area contributed by atoms with Crippen molar-refractivity contribution in [3.05, 3.63) is 41.7 Å². The lowest BCUT2D eigenvalue weighted by Gasteiger charge is -2.05. The molecule has 94 valence electrons. The van der Waals surface area contributed by atoms with Gasteiger partial charge in [-0.2, -0.15) is 10.4 Å². The summed E-state index contributed by atoms with van der Waals surface area (Å²) in [6.45, 7) is 2.85. The molecule has 0 radical (unpaired) electrons. The van der Waals surface area contributed by atoms with Crippen LogP contribution < -0.4 is 5.73 Å². The highest BCUT2D eigenvalue weighted by atomic mass is 35.5. The molecule has 0 fully saturated rings. The summed E-state index contributed by atoms with van der Waals surface area (Å²) in [4.78, 5) is 0. The number of halogens is 1. The Morgan fingerprint density at radius 1 is 1.39 bits per heavy atom. The molecule has 4 nitrogen and oxygen atoms in total. The largest absolute Gasteiger partial charge is 0.326 e. The molecule has 0 aliphatic carbocycles. The molecule has 0 saturated carbocycles. The van der Waals surface area contributed by atoms with Crippen LogP contribution in [0.3, 0.4) is 0 Å². The Morgan fingerprint density at radius 3 is 2.83 bits per heavy atom. The van der Waals surface area contributed by atoms with Crippen LogP contribution in [0.15, 0.2) is 30.6 Å². The summed E-state index contributed by atoms with van der Waals surface area (Å²) in [6.07, 6.45) is 3.64. The predicted octanol–water partition coefficient (Wildman–Crippen LogP) is 2.26. The van der Waals surface area contributed by atoms with Crippen molar-refractivity contribution in [2.45, 2.75) is 20.0 Å². The fourth-order valence-electron chi connectivity index (χ4n) is 1.74. The van der Waals surface area contributed by atoms with E-state index in [1.165, 1.54) is 5.56 Å². The minimum atomic E-state index is 0. The topological polar surface area (TPSA) is 67.6 Å². The molecule has 0 spiro atoms. The maximum absolute atomic E-state index is 8.59. The molecule has 1 aromatic carbocycles. The van der Waals surface area contributed by atoms with Crippen molar-refractivity contribution in [1.82, 2.24) is 9.78 Å². The molecule has 0 atom stereocenters. The number of hydrogen-bond acceptors (Lipinski definition) is 3. The van der Waals surface area contributed by atoms with Crippen LogP contribution in [0, 0.1) is 18.3 Å². The fraction of sp³-hybridized carbons (Fsp3) is 0.231. The molecule has 18 heavy (non-hydrogen) atoms. The Hall–Kier alpha value is -1.83. The van der Waals surface area contributed by atoms with E-state index in [1.54, 1.807) is 10.9 Å². The smallest absolute Gasteiger partial charge is 0.128 e. The summed E-state index contributed by atoms with van der Waals surface area (Å²) in [5.74, 6) is 0. The molecule has 0 aliphatic heterocycles. The summed E-state index contributed by atoms with van der Waals surface area (Å²) in [6, 6.07) is 8.23.